The second kappa shape index (κ2) is 8.85. The van der Waals surface area contributed by atoms with Crippen molar-refractivity contribution in [2.24, 2.45) is 0 Å². The molecule has 138 valence electrons. The number of anilines is 1. The molecule has 1 N–H and O–H groups in total. The molecule has 2 amide bonds. The van der Waals surface area contributed by atoms with Crippen LogP contribution in [0.1, 0.15) is 16.1 Å². The number of urea groups is 1. The minimum atomic E-state index is -0.599. The summed E-state index contributed by atoms with van der Waals surface area (Å²) in [6, 6.07) is 13.1. The van der Waals surface area contributed by atoms with E-state index >= 15 is 0 Å². The van der Waals surface area contributed by atoms with Gasteiger partial charge in [0.2, 0.25) is 0 Å². The molecule has 0 fully saturated rings. The van der Waals surface area contributed by atoms with Gasteiger partial charge in [-0.15, -0.1) is 5.10 Å². The summed E-state index contributed by atoms with van der Waals surface area (Å²) in [5.74, 6) is -0.281. The third-order valence-corrected chi connectivity index (χ3v) is 4.54. The molecule has 0 atom stereocenters. The molecule has 1 heterocycles. The fourth-order valence-corrected chi connectivity index (χ4v) is 2.93. The van der Waals surface area contributed by atoms with Gasteiger partial charge in [0.25, 0.3) is 0 Å². The Morgan fingerprint density at radius 2 is 2.00 bits per heavy atom. The molecule has 0 radical (unpaired) electrons. The van der Waals surface area contributed by atoms with Crippen molar-refractivity contribution in [1.82, 2.24) is 14.9 Å². The number of hydrogen-bond acceptors (Lipinski definition) is 7. The average Bonchev–Trinajstić information content (AvgIpc) is 3.21. The maximum absolute atomic E-state index is 12.2. The number of esters is 1. The highest BCUT2D eigenvalue weighted by atomic mass is 35.5. The molecule has 7 nitrogen and oxygen atoms in total. The van der Waals surface area contributed by atoms with Gasteiger partial charge in [-0.1, -0.05) is 41.0 Å². The molecule has 1 aromatic heterocycles. The van der Waals surface area contributed by atoms with Crippen LogP contribution in [0.2, 0.25) is 5.02 Å². The number of halogens is 1. The molecule has 3 aromatic rings. The third-order valence-electron chi connectivity index (χ3n) is 3.39. The molecule has 0 bridgehead atoms. The van der Waals surface area contributed by atoms with Gasteiger partial charge in [0.1, 0.15) is 5.75 Å². The molecule has 0 aliphatic carbocycles. The lowest BCUT2D eigenvalue weighted by atomic mass is 10.2. The third kappa shape index (κ3) is 5.19. The summed E-state index contributed by atoms with van der Waals surface area (Å²) < 4.78 is 9.94. The molecule has 2 aromatic carbocycles. The molecule has 3 rings (SSSR count). The van der Waals surface area contributed by atoms with Gasteiger partial charge in [0.15, 0.2) is 5.69 Å². The van der Waals surface area contributed by atoms with Gasteiger partial charge in [-0.05, 0) is 53.5 Å². The van der Waals surface area contributed by atoms with Crippen molar-refractivity contribution < 1.29 is 14.3 Å². The van der Waals surface area contributed by atoms with Crippen molar-refractivity contribution in [3.63, 3.8) is 0 Å². The molecular weight excluding hydrogens is 408 g/mol. The van der Waals surface area contributed by atoms with Gasteiger partial charge in [0, 0.05) is 16.9 Å². The van der Waals surface area contributed by atoms with Gasteiger partial charge in [-0.3, -0.25) is 0 Å². The van der Waals surface area contributed by atoms with Gasteiger partial charge in [-0.25, -0.2) is 13.9 Å². The molecule has 0 spiro atoms. The van der Waals surface area contributed by atoms with Crippen molar-refractivity contribution in [2.75, 3.05) is 4.31 Å². The summed E-state index contributed by atoms with van der Waals surface area (Å²) in [5, 5.41) is 8.48. The number of ether oxygens (including phenoxy) is 1. The van der Waals surface area contributed by atoms with Crippen molar-refractivity contribution >= 4 is 53.6 Å². The first-order chi connectivity index (χ1) is 13.0. The molecule has 0 aliphatic heterocycles. The van der Waals surface area contributed by atoms with Crippen molar-refractivity contribution in [3.8, 4) is 5.75 Å². The standard InChI is InChI=1S/C17H13ClN4O3S2/c18-12-3-1-2-11(8-12)9-19-17(24)22(26)13-4-6-14(7-5-13)25-16(23)15-10-27-21-20-15/h1-8,10,26H,9H2,(H,19,24). The van der Waals surface area contributed by atoms with Crippen molar-refractivity contribution in [1.29, 1.82) is 0 Å². The predicted octanol–water partition coefficient (Wildman–Crippen LogP) is 3.97. The summed E-state index contributed by atoms with van der Waals surface area (Å²) >= 11 is 11.2. The van der Waals surface area contributed by atoms with Gasteiger partial charge in [0.05, 0.1) is 5.69 Å². The van der Waals surface area contributed by atoms with E-state index in [4.69, 9.17) is 16.3 Å². The number of rotatable bonds is 5. The van der Waals surface area contributed by atoms with Crippen LogP contribution in [-0.2, 0) is 6.54 Å². The van der Waals surface area contributed by atoms with E-state index in [9.17, 15) is 9.59 Å². The number of carbonyl (C=O) groups excluding carboxylic acids is 2. The molecule has 0 aliphatic rings. The van der Waals surface area contributed by atoms with Crippen LogP contribution in [-0.4, -0.2) is 21.6 Å². The lowest BCUT2D eigenvalue weighted by molar-refractivity contribution is 0.0728. The SMILES string of the molecule is O=C(Oc1ccc(N(S)C(=O)NCc2cccc(Cl)c2)cc1)c1csnn1. The number of hydrogen-bond donors (Lipinski definition) is 2. The topological polar surface area (TPSA) is 84.4 Å². The Labute approximate surface area is 169 Å². The van der Waals surface area contributed by atoms with E-state index in [1.165, 1.54) is 5.38 Å². The highest BCUT2D eigenvalue weighted by Gasteiger charge is 2.14. The van der Waals surface area contributed by atoms with Crippen LogP contribution in [0.3, 0.4) is 0 Å². The highest BCUT2D eigenvalue weighted by Crippen LogP contribution is 2.22. The van der Waals surface area contributed by atoms with Crippen LogP contribution < -0.4 is 14.4 Å². The summed E-state index contributed by atoms with van der Waals surface area (Å²) in [5.41, 5.74) is 1.52. The Morgan fingerprint density at radius 1 is 1.22 bits per heavy atom. The minimum Gasteiger partial charge on any atom is -0.422 e. The molecule has 0 saturated carbocycles. The molecule has 0 saturated heterocycles. The van der Waals surface area contributed by atoms with Gasteiger partial charge >= 0.3 is 12.0 Å². The first kappa shape index (κ1) is 19.2. The molecule has 0 unspecified atom stereocenters. The molecule has 27 heavy (non-hydrogen) atoms. The summed E-state index contributed by atoms with van der Waals surface area (Å²) in [7, 11) is 0. The van der Waals surface area contributed by atoms with E-state index in [0.29, 0.717) is 23.0 Å². The average molecular weight is 421 g/mol. The Kier molecular flexibility index (Phi) is 6.28. The van der Waals surface area contributed by atoms with E-state index < -0.39 is 12.0 Å². The fourth-order valence-electron chi connectivity index (χ4n) is 2.08. The number of aromatic nitrogens is 2. The maximum Gasteiger partial charge on any atom is 0.365 e. The summed E-state index contributed by atoms with van der Waals surface area (Å²) in [6.07, 6.45) is 0. The normalized spacial score (nSPS) is 10.3. The Hall–Kier alpha value is -2.62. The van der Waals surface area contributed by atoms with Crippen LogP contribution in [0.4, 0.5) is 10.5 Å². The number of carbonyl (C=O) groups is 2. The van der Waals surface area contributed by atoms with Crippen LogP contribution in [0.25, 0.3) is 0 Å². The van der Waals surface area contributed by atoms with E-state index in [0.717, 1.165) is 21.4 Å². The van der Waals surface area contributed by atoms with E-state index in [2.05, 4.69) is 27.7 Å². The van der Waals surface area contributed by atoms with Crippen LogP contribution >= 0.6 is 35.9 Å². The second-order valence-corrected chi connectivity index (χ2v) is 6.72. The summed E-state index contributed by atoms with van der Waals surface area (Å²) in [4.78, 5) is 24.1. The van der Waals surface area contributed by atoms with E-state index in [1.54, 1.807) is 36.4 Å². The summed E-state index contributed by atoms with van der Waals surface area (Å²) in [6.45, 7) is 0.313. The molecular formula is C17H13ClN4O3S2. The lowest BCUT2D eigenvalue weighted by Gasteiger charge is -2.17. The zero-order valence-corrected chi connectivity index (χ0v) is 16.2. The first-order valence-corrected chi connectivity index (χ1v) is 9.25. The second-order valence-electron chi connectivity index (χ2n) is 5.27. The Morgan fingerprint density at radius 3 is 2.67 bits per heavy atom. The van der Waals surface area contributed by atoms with Crippen LogP contribution in [0, 0.1) is 0 Å². The van der Waals surface area contributed by atoms with Crippen molar-refractivity contribution in [2.45, 2.75) is 6.54 Å². The molecule has 10 heteroatoms. The van der Waals surface area contributed by atoms with Gasteiger partial charge in [-0.2, -0.15) is 0 Å². The smallest absolute Gasteiger partial charge is 0.365 e. The first-order valence-electron chi connectivity index (χ1n) is 7.63. The fraction of sp³-hybridized carbons (Fsp3) is 0.0588. The van der Waals surface area contributed by atoms with Crippen molar-refractivity contribution in [3.05, 3.63) is 70.2 Å². The maximum atomic E-state index is 12.2. The predicted molar refractivity (Wildman–Crippen MR) is 106 cm³/mol. The largest absolute Gasteiger partial charge is 0.422 e. The van der Waals surface area contributed by atoms with E-state index in [1.807, 2.05) is 12.1 Å². The number of thiol groups is 1. The Balaban J connectivity index is 1.57. The Bertz CT molecular complexity index is 936. The van der Waals surface area contributed by atoms with Crippen LogP contribution in [0.15, 0.2) is 53.9 Å². The number of nitrogens with zero attached hydrogens (tertiary/aromatic N) is 3. The van der Waals surface area contributed by atoms with Gasteiger partial charge < -0.3 is 10.1 Å². The number of nitrogens with one attached hydrogen (secondary N) is 1. The number of benzene rings is 2. The monoisotopic (exact) mass is 420 g/mol. The minimum absolute atomic E-state index is 0.139. The zero-order chi connectivity index (χ0) is 19.2. The zero-order valence-electron chi connectivity index (χ0n) is 13.7. The number of amides is 2. The van der Waals surface area contributed by atoms with E-state index in [-0.39, 0.29) is 5.69 Å². The van der Waals surface area contributed by atoms with Crippen LogP contribution in [0.5, 0.6) is 5.75 Å². The highest BCUT2D eigenvalue weighted by molar-refractivity contribution is 7.82. The lowest BCUT2D eigenvalue weighted by Crippen LogP contribution is -2.33. The quantitative estimate of drug-likeness (QED) is 0.370.